The third-order valence-electron chi connectivity index (χ3n) is 15.0. The van der Waals surface area contributed by atoms with Gasteiger partial charge in [0.15, 0.2) is 0 Å². The fraction of sp³-hybridized carbons (Fsp3) is 0.143. The number of allylic oxidation sites excluding steroid dienone is 3. The topological polar surface area (TPSA) is 3.24 Å². The molecule has 0 saturated heterocycles. The third-order valence-corrected chi connectivity index (χ3v) is 15.0. The normalized spacial score (nSPS) is 17.3. The average Bonchev–Trinajstić information content (AvgIpc) is 3.81. The molecule has 1 spiro atoms. The van der Waals surface area contributed by atoms with E-state index >= 15 is 0 Å². The molecule has 12 rings (SSSR count). The average molecular weight is 822 g/mol. The molecule has 64 heavy (non-hydrogen) atoms. The highest BCUT2D eigenvalue weighted by atomic mass is 15.1. The van der Waals surface area contributed by atoms with Crippen molar-refractivity contribution in [2.75, 3.05) is 4.90 Å². The molecule has 0 atom stereocenters. The standard InChI is InChI=1S/C63H51N/c1-2-44-18-10-11-23-53(44)46-30-35-51(36-31-46)64(50-33-28-45(29-34-50)47-32-38-56-54-24-12-14-26-58(54)62(60(56)42-47)40-16-5-17-41-62)52-37-39-57-55-25-13-15-27-59(55)63(61(57)43-52,48-19-6-3-7-20-48)49-21-8-4-9-22-49/h2-4,6-15,18-30,32-39,42-43H,5,16-17,31,40-41H2,1H3/b44-2-,53-46-. The van der Waals surface area contributed by atoms with Gasteiger partial charge in [0.2, 0.25) is 0 Å². The summed E-state index contributed by atoms with van der Waals surface area (Å²) in [5.41, 5.74) is 20.7. The van der Waals surface area contributed by atoms with Crippen molar-refractivity contribution in [1.29, 1.82) is 0 Å². The van der Waals surface area contributed by atoms with Crippen LogP contribution in [-0.4, -0.2) is 0 Å². The lowest BCUT2D eigenvalue weighted by Crippen LogP contribution is -2.29. The summed E-state index contributed by atoms with van der Waals surface area (Å²) in [7, 11) is 0. The predicted octanol–water partition coefficient (Wildman–Crippen LogP) is 14.6. The van der Waals surface area contributed by atoms with Gasteiger partial charge in [0.05, 0.1) is 5.41 Å². The molecule has 0 heterocycles. The minimum Gasteiger partial charge on any atom is -0.311 e. The minimum atomic E-state index is -0.485. The van der Waals surface area contributed by atoms with Gasteiger partial charge < -0.3 is 4.90 Å². The Bertz CT molecular complexity index is 3230. The molecule has 4 aliphatic rings. The van der Waals surface area contributed by atoms with Crippen LogP contribution < -0.4 is 15.3 Å². The summed E-state index contributed by atoms with van der Waals surface area (Å²) in [4.78, 5) is 2.48. The molecule has 0 aliphatic heterocycles. The molecule has 1 heteroatoms. The first-order valence-corrected chi connectivity index (χ1v) is 23.3. The predicted molar refractivity (Wildman–Crippen MR) is 268 cm³/mol. The summed E-state index contributed by atoms with van der Waals surface area (Å²) in [6, 6.07) is 73.1. The van der Waals surface area contributed by atoms with Gasteiger partial charge in [-0.05, 0) is 145 Å². The molecular weight excluding hydrogens is 771 g/mol. The molecule has 0 unspecified atom stereocenters. The molecule has 0 radical (unpaired) electrons. The highest BCUT2D eigenvalue weighted by Gasteiger charge is 2.47. The van der Waals surface area contributed by atoms with E-state index in [1.165, 1.54) is 115 Å². The number of rotatable bonds is 6. The third kappa shape index (κ3) is 5.91. The van der Waals surface area contributed by atoms with E-state index in [4.69, 9.17) is 0 Å². The van der Waals surface area contributed by atoms with E-state index in [0.29, 0.717) is 0 Å². The zero-order valence-electron chi connectivity index (χ0n) is 36.5. The number of anilines is 2. The fourth-order valence-electron chi connectivity index (χ4n) is 12.1. The maximum absolute atomic E-state index is 2.54. The first-order valence-electron chi connectivity index (χ1n) is 23.3. The second-order valence-electron chi connectivity index (χ2n) is 18.2. The smallest absolute Gasteiger partial charge is 0.0714 e. The lowest BCUT2D eigenvalue weighted by molar-refractivity contribution is 0.353. The lowest BCUT2D eigenvalue weighted by atomic mass is 9.67. The summed E-state index contributed by atoms with van der Waals surface area (Å²) in [5.74, 6) is 0. The van der Waals surface area contributed by atoms with E-state index in [0.717, 1.165) is 17.8 Å². The monoisotopic (exact) mass is 821 g/mol. The van der Waals surface area contributed by atoms with Crippen LogP contribution in [0.3, 0.4) is 0 Å². The summed E-state index contributed by atoms with van der Waals surface area (Å²) < 4.78 is 0. The molecule has 0 N–H and O–H groups in total. The van der Waals surface area contributed by atoms with E-state index in [-0.39, 0.29) is 5.41 Å². The van der Waals surface area contributed by atoms with Crippen molar-refractivity contribution < 1.29 is 0 Å². The van der Waals surface area contributed by atoms with Crippen LogP contribution in [0.1, 0.15) is 78.8 Å². The zero-order valence-corrected chi connectivity index (χ0v) is 36.5. The van der Waals surface area contributed by atoms with Crippen LogP contribution in [0.15, 0.2) is 218 Å². The highest BCUT2D eigenvalue weighted by molar-refractivity contribution is 5.89. The van der Waals surface area contributed by atoms with Crippen molar-refractivity contribution in [3.63, 3.8) is 0 Å². The van der Waals surface area contributed by atoms with E-state index < -0.39 is 5.41 Å². The van der Waals surface area contributed by atoms with Crippen molar-refractivity contribution in [2.45, 2.75) is 56.3 Å². The number of hydrogen-bond donors (Lipinski definition) is 0. The number of hydrogen-bond acceptors (Lipinski definition) is 1. The molecule has 1 nitrogen and oxygen atoms in total. The molecule has 4 aliphatic carbocycles. The van der Waals surface area contributed by atoms with Gasteiger partial charge in [0.25, 0.3) is 0 Å². The quantitative estimate of drug-likeness (QED) is 0.161. The molecule has 1 fully saturated rings. The molecule has 0 amide bonds. The maximum atomic E-state index is 2.54. The molecule has 8 aromatic carbocycles. The van der Waals surface area contributed by atoms with Crippen molar-refractivity contribution in [2.24, 2.45) is 0 Å². The van der Waals surface area contributed by atoms with E-state index in [1.54, 1.807) is 5.56 Å². The van der Waals surface area contributed by atoms with Gasteiger partial charge in [0, 0.05) is 22.5 Å². The van der Waals surface area contributed by atoms with Crippen LogP contribution in [0.5, 0.6) is 0 Å². The van der Waals surface area contributed by atoms with Gasteiger partial charge >= 0.3 is 0 Å². The van der Waals surface area contributed by atoms with Gasteiger partial charge in [-0.2, -0.15) is 0 Å². The van der Waals surface area contributed by atoms with Crippen LogP contribution in [-0.2, 0) is 10.8 Å². The molecule has 8 aromatic rings. The summed E-state index contributed by atoms with van der Waals surface area (Å²) in [6.45, 7) is 2.13. The van der Waals surface area contributed by atoms with Crippen LogP contribution in [0, 0.1) is 0 Å². The Morgan fingerprint density at radius 3 is 1.73 bits per heavy atom. The Balaban J connectivity index is 1.01. The zero-order chi connectivity index (χ0) is 42.7. The van der Waals surface area contributed by atoms with Gasteiger partial charge in [-0.25, -0.2) is 0 Å². The number of benzene rings is 8. The van der Waals surface area contributed by atoms with Crippen LogP contribution in [0.25, 0.3) is 45.0 Å². The Morgan fingerprint density at radius 1 is 0.453 bits per heavy atom. The molecule has 308 valence electrons. The fourth-order valence-corrected chi connectivity index (χ4v) is 12.1. The van der Waals surface area contributed by atoms with Crippen molar-refractivity contribution in [1.82, 2.24) is 0 Å². The SMILES string of the molecule is C/C=c1/cccc/c1=C1\C=CC(N(c2ccc(-c3ccc4c(c3)C3(CCCCC3)c3ccccc3-4)cc2)c2ccc3c(c2)C(c2ccccc2)(c2ccccc2)c2ccccc2-3)=CC1. The van der Waals surface area contributed by atoms with Crippen molar-refractivity contribution in [3.05, 3.63) is 262 Å². The molecule has 1 saturated carbocycles. The van der Waals surface area contributed by atoms with Crippen LogP contribution in [0.4, 0.5) is 11.4 Å². The van der Waals surface area contributed by atoms with Crippen molar-refractivity contribution >= 4 is 23.0 Å². The second-order valence-corrected chi connectivity index (χ2v) is 18.2. The van der Waals surface area contributed by atoms with Crippen LogP contribution >= 0.6 is 0 Å². The van der Waals surface area contributed by atoms with E-state index in [9.17, 15) is 0 Å². The highest BCUT2D eigenvalue weighted by Crippen LogP contribution is 2.58. The first kappa shape index (κ1) is 38.5. The Hall–Kier alpha value is -7.22. The first-order chi connectivity index (χ1) is 31.7. The second kappa shape index (κ2) is 15.5. The minimum absolute atomic E-state index is 0.129. The van der Waals surface area contributed by atoms with Gasteiger partial charge in [-0.1, -0.05) is 201 Å². The summed E-state index contributed by atoms with van der Waals surface area (Å²) in [5, 5.41) is 2.57. The lowest BCUT2D eigenvalue weighted by Gasteiger charge is -2.36. The van der Waals surface area contributed by atoms with Gasteiger partial charge in [0.1, 0.15) is 0 Å². The summed E-state index contributed by atoms with van der Waals surface area (Å²) >= 11 is 0. The molecular formula is C63H51N. The van der Waals surface area contributed by atoms with Gasteiger partial charge in [-0.3, -0.25) is 0 Å². The Kier molecular flexibility index (Phi) is 9.34. The van der Waals surface area contributed by atoms with Gasteiger partial charge in [-0.15, -0.1) is 0 Å². The summed E-state index contributed by atoms with van der Waals surface area (Å²) in [6.07, 6.45) is 16.5. The molecule has 0 aromatic heterocycles. The number of nitrogens with zero attached hydrogens (tertiary/aromatic N) is 1. The molecule has 0 bridgehead atoms. The van der Waals surface area contributed by atoms with Crippen molar-refractivity contribution in [3.8, 4) is 33.4 Å². The van der Waals surface area contributed by atoms with Crippen LogP contribution in [0.2, 0.25) is 0 Å². The largest absolute Gasteiger partial charge is 0.311 e. The van der Waals surface area contributed by atoms with E-state index in [1.807, 2.05) is 0 Å². The van der Waals surface area contributed by atoms with E-state index in [2.05, 4.69) is 230 Å². The Morgan fingerprint density at radius 2 is 1.03 bits per heavy atom. The Labute approximate surface area is 377 Å². The maximum Gasteiger partial charge on any atom is 0.0714 e. The number of fused-ring (bicyclic) bond motifs is 8.